The number of fused-ring (bicyclic) bond motifs is 1. The second kappa shape index (κ2) is 9.07. The van der Waals surface area contributed by atoms with Crippen molar-refractivity contribution in [3.8, 4) is 11.1 Å². The van der Waals surface area contributed by atoms with Crippen molar-refractivity contribution in [2.45, 2.75) is 51.9 Å². The number of hydrogen-bond acceptors (Lipinski definition) is 6. The molecule has 0 aliphatic carbocycles. The molecule has 9 heteroatoms. The van der Waals surface area contributed by atoms with E-state index in [4.69, 9.17) is 9.84 Å². The second-order valence-corrected chi connectivity index (χ2v) is 8.09. The number of nitrogens with zero attached hydrogens (tertiary/aromatic N) is 4. The average Bonchev–Trinajstić information content (AvgIpc) is 3.22. The zero-order valence-corrected chi connectivity index (χ0v) is 18.0. The first-order chi connectivity index (χ1) is 15.0. The minimum absolute atomic E-state index is 0.00554. The van der Waals surface area contributed by atoms with Crippen molar-refractivity contribution in [2.24, 2.45) is 0 Å². The van der Waals surface area contributed by atoms with Gasteiger partial charge in [-0.1, -0.05) is 6.07 Å². The molecule has 3 heterocycles. The molecule has 2 atom stereocenters. The van der Waals surface area contributed by atoms with Crippen LogP contribution in [0.25, 0.3) is 11.1 Å². The quantitative estimate of drug-likeness (QED) is 0.777. The van der Waals surface area contributed by atoms with Gasteiger partial charge in [0.2, 0.25) is 5.91 Å². The summed E-state index contributed by atoms with van der Waals surface area (Å²) in [5, 5.41) is 16.6. The van der Waals surface area contributed by atoms with Crippen molar-refractivity contribution in [1.29, 1.82) is 0 Å². The Morgan fingerprint density at radius 1 is 1.26 bits per heavy atom. The lowest BCUT2D eigenvalue weighted by Gasteiger charge is -2.41. The van der Waals surface area contributed by atoms with Gasteiger partial charge in [-0.2, -0.15) is 5.10 Å². The molecule has 166 valence electrons. The number of carbonyl (C=O) groups is 2. The highest BCUT2D eigenvalue weighted by Gasteiger charge is 2.35. The molecule has 2 aliphatic rings. The summed E-state index contributed by atoms with van der Waals surface area (Å²) < 4.78 is 7.41. The van der Waals surface area contributed by atoms with Gasteiger partial charge < -0.3 is 14.7 Å². The molecule has 0 spiro atoms. The first kappa shape index (κ1) is 21.3. The van der Waals surface area contributed by atoms with Crippen LogP contribution in [0.4, 0.5) is 16.2 Å². The topological polar surface area (TPSA) is 99.9 Å². The van der Waals surface area contributed by atoms with Crippen LogP contribution < -0.4 is 15.1 Å². The lowest BCUT2D eigenvalue weighted by atomic mass is 10.0. The zero-order valence-electron chi connectivity index (χ0n) is 18.0. The molecule has 2 amide bonds. The zero-order chi connectivity index (χ0) is 22.0. The van der Waals surface area contributed by atoms with E-state index in [0.29, 0.717) is 24.5 Å². The molecule has 2 aromatic rings. The number of aliphatic hydroxyl groups is 1. The van der Waals surface area contributed by atoms with Gasteiger partial charge >= 0.3 is 6.09 Å². The molecule has 1 unspecified atom stereocenters. The molecule has 9 nitrogen and oxygen atoms in total. The molecule has 31 heavy (non-hydrogen) atoms. The van der Waals surface area contributed by atoms with E-state index in [1.54, 1.807) is 20.7 Å². The minimum atomic E-state index is -0.413. The van der Waals surface area contributed by atoms with Crippen LogP contribution >= 0.6 is 0 Å². The molecule has 0 radical (unpaired) electrons. The van der Waals surface area contributed by atoms with Crippen LogP contribution in [0, 0.1) is 0 Å². The van der Waals surface area contributed by atoms with E-state index in [0.717, 1.165) is 36.9 Å². The molecule has 1 aromatic heterocycles. The van der Waals surface area contributed by atoms with Crippen molar-refractivity contribution in [2.75, 3.05) is 29.5 Å². The van der Waals surface area contributed by atoms with Gasteiger partial charge in [0.25, 0.3) is 0 Å². The number of benzene rings is 1. The first-order valence-corrected chi connectivity index (χ1v) is 10.8. The molecule has 1 saturated heterocycles. The lowest BCUT2D eigenvalue weighted by molar-refractivity contribution is -0.117. The number of hydrogen-bond donors (Lipinski definition) is 2. The van der Waals surface area contributed by atoms with Gasteiger partial charge in [-0.15, -0.1) is 0 Å². The minimum Gasteiger partial charge on any atom is -0.430 e. The number of aliphatic hydroxyl groups excluding tert-OH is 1. The molecular weight excluding hydrogens is 398 g/mol. The summed E-state index contributed by atoms with van der Waals surface area (Å²) in [6, 6.07) is 5.51. The Morgan fingerprint density at radius 3 is 2.81 bits per heavy atom. The van der Waals surface area contributed by atoms with Gasteiger partial charge in [-0.05, 0) is 50.4 Å². The number of rotatable bonds is 4. The average molecular weight is 428 g/mol. The van der Waals surface area contributed by atoms with Gasteiger partial charge in [0, 0.05) is 25.2 Å². The highest BCUT2D eigenvalue weighted by molar-refractivity contribution is 6.03. The van der Waals surface area contributed by atoms with E-state index in [-0.39, 0.29) is 24.8 Å². The maximum atomic E-state index is 13.1. The Morgan fingerprint density at radius 2 is 2.10 bits per heavy atom. The summed E-state index contributed by atoms with van der Waals surface area (Å²) in [6.07, 6.45) is 5.78. The highest BCUT2D eigenvalue weighted by atomic mass is 16.6. The smallest absolute Gasteiger partial charge is 0.416 e. The van der Waals surface area contributed by atoms with Crippen molar-refractivity contribution in [1.82, 2.24) is 15.1 Å². The number of amides is 2. The number of ether oxygens (including phenoxy) is 1. The van der Waals surface area contributed by atoms with Gasteiger partial charge in [0.05, 0.1) is 36.8 Å². The Labute approximate surface area is 181 Å². The fourth-order valence-electron chi connectivity index (χ4n) is 4.30. The van der Waals surface area contributed by atoms with Crippen LogP contribution in [0.3, 0.4) is 0 Å². The molecule has 1 aromatic carbocycles. The summed E-state index contributed by atoms with van der Waals surface area (Å²) in [6.45, 7) is 5.07. The van der Waals surface area contributed by atoms with Crippen molar-refractivity contribution in [3.05, 3.63) is 30.6 Å². The maximum absolute atomic E-state index is 13.1. The van der Waals surface area contributed by atoms with Gasteiger partial charge in [0.15, 0.2) is 6.23 Å². The number of nitrogens with one attached hydrogen (secondary N) is 1. The fraction of sp³-hybridized carbons (Fsp3) is 0.500. The van der Waals surface area contributed by atoms with E-state index in [2.05, 4.69) is 10.4 Å². The van der Waals surface area contributed by atoms with Gasteiger partial charge in [-0.3, -0.25) is 19.7 Å². The number of aromatic nitrogens is 2. The molecule has 0 bridgehead atoms. The Hall–Kier alpha value is -2.91. The Bertz CT molecular complexity index is 953. The van der Waals surface area contributed by atoms with Crippen molar-refractivity contribution >= 4 is 23.4 Å². The third-order valence-electron chi connectivity index (χ3n) is 5.78. The van der Waals surface area contributed by atoms with Gasteiger partial charge in [-0.25, -0.2) is 4.79 Å². The second-order valence-electron chi connectivity index (χ2n) is 8.09. The largest absolute Gasteiger partial charge is 0.430 e. The molecule has 1 fully saturated rings. The monoisotopic (exact) mass is 427 g/mol. The van der Waals surface area contributed by atoms with Crippen LogP contribution in [-0.2, 0) is 16.1 Å². The predicted molar refractivity (Wildman–Crippen MR) is 117 cm³/mol. The number of anilines is 2. The molecule has 4 rings (SSSR count). The summed E-state index contributed by atoms with van der Waals surface area (Å²) in [5.41, 5.74) is 3.06. The molecule has 0 saturated carbocycles. The summed E-state index contributed by atoms with van der Waals surface area (Å²) in [7, 11) is 0. The molecule has 2 aliphatic heterocycles. The van der Waals surface area contributed by atoms with E-state index in [1.807, 2.05) is 31.3 Å². The standard InChI is InChI=1S/C22H29N5O4/c1-15-13-26(22(30)31-21-5-3-4-8-23-21)20-11-17(6-7-19(20)27(15)16(2)29)18-12-24-25(14-18)9-10-28/h6-7,11-12,14-15,21,23,28H,3-5,8-10,13H2,1-2H3/t15-,21?/m0/s1. The van der Waals surface area contributed by atoms with Crippen LogP contribution in [0.15, 0.2) is 30.6 Å². The van der Waals surface area contributed by atoms with E-state index >= 15 is 0 Å². The van der Waals surface area contributed by atoms with E-state index in [1.165, 1.54) is 6.92 Å². The van der Waals surface area contributed by atoms with E-state index < -0.39 is 6.09 Å². The van der Waals surface area contributed by atoms with Crippen LogP contribution in [-0.4, -0.2) is 58.9 Å². The van der Waals surface area contributed by atoms with Crippen LogP contribution in [0.5, 0.6) is 0 Å². The molecule has 2 N–H and O–H groups in total. The summed E-state index contributed by atoms with van der Waals surface area (Å²) >= 11 is 0. The van der Waals surface area contributed by atoms with Crippen LogP contribution in [0.1, 0.15) is 33.1 Å². The predicted octanol–water partition coefficient (Wildman–Crippen LogP) is 2.34. The fourth-order valence-corrected chi connectivity index (χ4v) is 4.30. The Balaban J connectivity index is 1.68. The summed E-state index contributed by atoms with van der Waals surface area (Å²) in [5.74, 6) is -0.0702. The van der Waals surface area contributed by atoms with Gasteiger partial charge in [0.1, 0.15) is 0 Å². The number of piperidine rings is 1. The number of carbonyl (C=O) groups excluding carboxylic acids is 2. The summed E-state index contributed by atoms with van der Waals surface area (Å²) in [4.78, 5) is 28.8. The Kier molecular flexibility index (Phi) is 6.24. The van der Waals surface area contributed by atoms with Crippen molar-refractivity contribution in [3.63, 3.8) is 0 Å². The lowest BCUT2D eigenvalue weighted by Crippen LogP contribution is -2.52. The van der Waals surface area contributed by atoms with Crippen LogP contribution in [0.2, 0.25) is 0 Å². The normalized spacial score (nSPS) is 21.0. The van der Waals surface area contributed by atoms with Crippen molar-refractivity contribution < 1.29 is 19.4 Å². The maximum Gasteiger partial charge on any atom is 0.416 e. The highest BCUT2D eigenvalue weighted by Crippen LogP contribution is 2.39. The first-order valence-electron chi connectivity index (χ1n) is 10.8. The third kappa shape index (κ3) is 4.42. The third-order valence-corrected chi connectivity index (χ3v) is 5.78. The van der Waals surface area contributed by atoms with E-state index in [9.17, 15) is 9.59 Å². The molecular formula is C22H29N5O4. The SMILES string of the molecule is CC(=O)N1c2ccc(-c3cnn(CCO)c3)cc2N(C(=O)OC2CCCCN2)C[C@@H]1C.